The minimum Gasteiger partial charge on any atom is -0.488 e. The van der Waals surface area contributed by atoms with Gasteiger partial charge in [0, 0.05) is 0 Å². The van der Waals surface area contributed by atoms with E-state index in [1.54, 1.807) is 10.9 Å². The molecule has 0 amide bonds. The minimum absolute atomic E-state index is 0.474. The number of nitrogens with one attached hydrogen (secondary N) is 1. The number of anilines is 1. The summed E-state index contributed by atoms with van der Waals surface area (Å²) in [7, 11) is 0. The summed E-state index contributed by atoms with van der Waals surface area (Å²) in [4.78, 5) is 8.30. The number of ether oxygens (including phenoxy) is 1. The molecule has 0 spiro atoms. The number of rotatable bonds is 7. The molecule has 1 aromatic carbocycles. The third kappa shape index (κ3) is 5.69. The standard InChI is InChI=1S/C18H20ClN5O.C2H6/c1-3-16-17(19)18(22-12-21-16)20-8-9-25-15-10-23-24(11-15)14-6-4-13(2)5-7-14;1-2/h4-7,10-12H,3,8-9H2,1-2H3,(H,20,21,22);1-2H3. The van der Waals surface area contributed by atoms with E-state index in [4.69, 9.17) is 16.3 Å². The lowest BCUT2D eigenvalue weighted by Crippen LogP contribution is -2.13. The Morgan fingerprint density at radius 3 is 2.59 bits per heavy atom. The first-order valence-electron chi connectivity index (χ1n) is 9.15. The topological polar surface area (TPSA) is 64.9 Å². The lowest BCUT2D eigenvalue weighted by atomic mass is 10.2. The van der Waals surface area contributed by atoms with Gasteiger partial charge in [0.05, 0.1) is 30.3 Å². The maximum absolute atomic E-state index is 6.25. The van der Waals surface area contributed by atoms with Gasteiger partial charge in [-0.05, 0) is 25.5 Å². The molecule has 2 aromatic heterocycles. The van der Waals surface area contributed by atoms with Gasteiger partial charge in [0.15, 0.2) is 5.75 Å². The van der Waals surface area contributed by atoms with Crippen LogP contribution in [0.3, 0.4) is 0 Å². The molecule has 0 fully saturated rings. The molecular formula is C20H26ClN5O. The zero-order chi connectivity index (χ0) is 19.6. The Balaban J connectivity index is 0.00000126. The summed E-state index contributed by atoms with van der Waals surface area (Å²) in [6.45, 7) is 9.12. The number of nitrogens with zero attached hydrogens (tertiary/aromatic N) is 4. The molecule has 1 N–H and O–H groups in total. The van der Waals surface area contributed by atoms with Crippen LogP contribution in [-0.4, -0.2) is 32.9 Å². The van der Waals surface area contributed by atoms with Gasteiger partial charge in [-0.2, -0.15) is 5.10 Å². The fraction of sp³-hybridized carbons (Fsp3) is 0.350. The Bertz CT molecular complexity index is 833. The van der Waals surface area contributed by atoms with Crippen molar-refractivity contribution in [2.75, 3.05) is 18.5 Å². The molecule has 0 unspecified atom stereocenters. The summed E-state index contributed by atoms with van der Waals surface area (Å²) in [6, 6.07) is 8.15. The van der Waals surface area contributed by atoms with Gasteiger partial charge < -0.3 is 10.1 Å². The zero-order valence-electron chi connectivity index (χ0n) is 16.2. The number of hydrogen-bond acceptors (Lipinski definition) is 5. The maximum atomic E-state index is 6.25. The van der Waals surface area contributed by atoms with E-state index in [1.807, 2.05) is 39.1 Å². The SMILES string of the molecule is CC.CCc1ncnc(NCCOc2cnn(-c3ccc(C)cc3)c2)c1Cl. The van der Waals surface area contributed by atoms with Gasteiger partial charge >= 0.3 is 0 Å². The van der Waals surface area contributed by atoms with Crippen LogP contribution in [0.1, 0.15) is 32.0 Å². The molecule has 144 valence electrons. The molecule has 0 aliphatic rings. The monoisotopic (exact) mass is 387 g/mol. The van der Waals surface area contributed by atoms with E-state index in [1.165, 1.54) is 11.9 Å². The highest BCUT2D eigenvalue weighted by Crippen LogP contribution is 2.21. The van der Waals surface area contributed by atoms with E-state index in [9.17, 15) is 0 Å². The highest BCUT2D eigenvalue weighted by atomic mass is 35.5. The van der Waals surface area contributed by atoms with Crippen molar-refractivity contribution in [1.29, 1.82) is 0 Å². The second-order valence-electron chi connectivity index (χ2n) is 5.57. The van der Waals surface area contributed by atoms with Crippen LogP contribution >= 0.6 is 11.6 Å². The second kappa shape index (κ2) is 10.5. The van der Waals surface area contributed by atoms with E-state index in [0.29, 0.717) is 29.7 Å². The lowest BCUT2D eigenvalue weighted by molar-refractivity contribution is 0.332. The van der Waals surface area contributed by atoms with Crippen LogP contribution in [0.25, 0.3) is 5.69 Å². The van der Waals surface area contributed by atoms with Crippen molar-refractivity contribution in [2.24, 2.45) is 0 Å². The van der Waals surface area contributed by atoms with Crippen LogP contribution < -0.4 is 10.1 Å². The van der Waals surface area contributed by atoms with E-state index in [2.05, 4.69) is 39.4 Å². The van der Waals surface area contributed by atoms with Gasteiger partial charge in [0.1, 0.15) is 23.8 Å². The van der Waals surface area contributed by atoms with Crippen molar-refractivity contribution in [2.45, 2.75) is 34.1 Å². The zero-order valence-corrected chi connectivity index (χ0v) is 17.0. The first-order valence-corrected chi connectivity index (χ1v) is 9.53. The Morgan fingerprint density at radius 2 is 1.89 bits per heavy atom. The Labute approximate surface area is 165 Å². The van der Waals surface area contributed by atoms with Gasteiger partial charge in [-0.1, -0.05) is 50.1 Å². The fourth-order valence-corrected chi connectivity index (χ4v) is 2.63. The molecule has 0 saturated heterocycles. The van der Waals surface area contributed by atoms with Crippen LogP contribution in [0.4, 0.5) is 5.82 Å². The van der Waals surface area contributed by atoms with Crippen LogP contribution in [0.2, 0.25) is 5.02 Å². The molecule has 2 heterocycles. The van der Waals surface area contributed by atoms with Crippen LogP contribution in [0.15, 0.2) is 43.0 Å². The summed E-state index contributed by atoms with van der Waals surface area (Å²) >= 11 is 6.25. The predicted molar refractivity (Wildman–Crippen MR) is 110 cm³/mol. The van der Waals surface area contributed by atoms with Crippen LogP contribution in [0, 0.1) is 6.92 Å². The summed E-state index contributed by atoms with van der Waals surface area (Å²) in [5.74, 6) is 1.35. The van der Waals surface area contributed by atoms with Crippen molar-refractivity contribution in [3.05, 3.63) is 59.3 Å². The third-order valence-electron chi connectivity index (χ3n) is 3.72. The molecule has 3 aromatic rings. The molecule has 0 saturated carbocycles. The molecule has 0 aliphatic carbocycles. The molecule has 0 radical (unpaired) electrons. The largest absolute Gasteiger partial charge is 0.488 e. The highest BCUT2D eigenvalue weighted by Gasteiger charge is 2.07. The Morgan fingerprint density at radius 1 is 1.15 bits per heavy atom. The number of aromatic nitrogens is 4. The first kappa shape index (κ1) is 20.7. The second-order valence-corrected chi connectivity index (χ2v) is 5.95. The summed E-state index contributed by atoms with van der Waals surface area (Å²) in [6.07, 6.45) is 5.84. The number of halogens is 1. The van der Waals surface area contributed by atoms with Crippen molar-refractivity contribution in [1.82, 2.24) is 19.7 Å². The number of aryl methyl sites for hydroxylation is 2. The Hall–Kier alpha value is -2.60. The molecule has 0 bridgehead atoms. The lowest BCUT2D eigenvalue weighted by Gasteiger charge is -2.09. The van der Waals surface area contributed by atoms with Gasteiger partial charge in [-0.3, -0.25) is 0 Å². The summed E-state index contributed by atoms with van der Waals surface area (Å²) in [5, 5.41) is 8.05. The fourth-order valence-electron chi connectivity index (χ4n) is 2.33. The van der Waals surface area contributed by atoms with Crippen molar-refractivity contribution in [3.8, 4) is 11.4 Å². The van der Waals surface area contributed by atoms with Gasteiger partial charge in [-0.15, -0.1) is 0 Å². The Kier molecular flexibility index (Phi) is 8.07. The molecular weight excluding hydrogens is 362 g/mol. The quantitative estimate of drug-likeness (QED) is 0.595. The van der Waals surface area contributed by atoms with Gasteiger partial charge in [0.25, 0.3) is 0 Å². The predicted octanol–water partition coefficient (Wildman–Crippen LogP) is 4.70. The van der Waals surface area contributed by atoms with Crippen molar-refractivity contribution in [3.63, 3.8) is 0 Å². The van der Waals surface area contributed by atoms with Crippen LogP contribution in [0.5, 0.6) is 5.75 Å². The minimum atomic E-state index is 0.474. The third-order valence-corrected chi connectivity index (χ3v) is 4.11. The van der Waals surface area contributed by atoms with E-state index < -0.39 is 0 Å². The normalized spacial score (nSPS) is 10.1. The van der Waals surface area contributed by atoms with Gasteiger partial charge in [0.2, 0.25) is 0 Å². The molecule has 7 heteroatoms. The van der Waals surface area contributed by atoms with E-state index in [-0.39, 0.29) is 0 Å². The molecule has 3 rings (SSSR count). The first-order chi connectivity index (χ1) is 13.2. The molecule has 0 aliphatic heterocycles. The number of benzene rings is 1. The van der Waals surface area contributed by atoms with Gasteiger partial charge in [-0.25, -0.2) is 14.6 Å². The maximum Gasteiger partial charge on any atom is 0.157 e. The highest BCUT2D eigenvalue weighted by molar-refractivity contribution is 6.33. The van der Waals surface area contributed by atoms with Crippen molar-refractivity contribution >= 4 is 17.4 Å². The van der Waals surface area contributed by atoms with E-state index in [0.717, 1.165) is 17.8 Å². The molecule has 6 nitrogen and oxygen atoms in total. The summed E-state index contributed by atoms with van der Waals surface area (Å²) in [5.41, 5.74) is 3.05. The van der Waals surface area contributed by atoms with Crippen LogP contribution in [-0.2, 0) is 6.42 Å². The summed E-state index contributed by atoms with van der Waals surface area (Å²) < 4.78 is 7.51. The average Bonchev–Trinajstić information content (AvgIpc) is 3.17. The van der Waals surface area contributed by atoms with E-state index >= 15 is 0 Å². The van der Waals surface area contributed by atoms with Crippen molar-refractivity contribution < 1.29 is 4.74 Å². The molecule has 0 atom stereocenters. The number of hydrogen-bond donors (Lipinski definition) is 1. The smallest absolute Gasteiger partial charge is 0.157 e. The average molecular weight is 388 g/mol. The molecule has 27 heavy (non-hydrogen) atoms.